The summed E-state index contributed by atoms with van der Waals surface area (Å²) in [6.07, 6.45) is 16.4. The van der Waals surface area contributed by atoms with Crippen LogP contribution in [0.4, 0.5) is 0 Å². The Morgan fingerprint density at radius 2 is 2.14 bits per heavy atom. The summed E-state index contributed by atoms with van der Waals surface area (Å²) in [4.78, 5) is 15.4. The van der Waals surface area contributed by atoms with Crippen molar-refractivity contribution >= 4 is 22.8 Å². The molecule has 0 aromatic carbocycles. The third-order valence-electron chi connectivity index (χ3n) is 6.48. The highest BCUT2D eigenvalue weighted by molar-refractivity contribution is 8.13. The molecule has 28 heavy (non-hydrogen) atoms. The molecule has 3 rings (SSSR count). The molecule has 0 radical (unpaired) electrons. The van der Waals surface area contributed by atoms with Crippen LogP contribution in [0.1, 0.15) is 57.8 Å². The number of terminal acetylenes is 1. The van der Waals surface area contributed by atoms with Crippen LogP contribution in [0.5, 0.6) is 0 Å². The third-order valence-corrected chi connectivity index (χ3v) is 7.56. The van der Waals surface area contributed by atoms with Crippen LogP contribution in [-0.4, -0.2) is 49.8 Å². The van der Waals surface area contributed by atoms with E-state index in [1.54, 1.807) is 11.8 Å². The fourth-order valence-electron chi connectivity index (χ4n) is 4.92. The first kappa shape index (κ1) is 21.4. The molecule has 5 atom stereocenters. The Balaban J connectivity index is 1.61. The minimum atomic E-state index is -0.782. The largest absolute Gasteiger partial charge is 0.481 e. The Kier molecular flexibility index (Phi) is 7.25. The van der Waals surface area contributed by atoms with E-state index in [-0.39, 0.29) is 18.3 Å². The lowest BCUT2D eigenvalue weighted by atomic mass is 9.82. The molecule has 0 aromatic rings. The predicted octanol–water partition coefficient (Wildman–Crippen LogP) is 3.25. The molecule has 0 spiro atoms. The summed E-state index contributed by atoms with van der Waals surface area (Å²) >= 11 is 1.58. The van der Waals surface area contributed by atoms with Crippen molar-refractivity contribution < 1.29 is 20.1 Å². The molecule has 5 nitrogen and oxygen atoms in total. The van der Waals surface area contributed by atoms with E-state index in [9.17, 15) is 15.0 Å². The molecule has 0 aromatic heterocycles. The highest BCUT2D eigenvalue weighted by atomic mass is 32.2. The van der Waals surface area contributed by atoms with E-state index in [2.05, 4.69) is 5.92 Å². The van der Waals surface area contributed by atoms with Gasteiger partial charge in [0, 0.05) is 31.1 Å². The number of carboxylic acid groups (broad SMARTS) is 1. The predicted molar refractivity (Wildman–Crippen MR) is 112 cm³/mol. The zero-order valence-corrected chi connectivity index (χ0v) is 17.1. The average Bonchev–Trinajstić information content (AvgIpc) is 3.16. The zero-order valence-electron chi connectivity index (χ0n) is 16.3. The molecular weight excluding hydrogens is 374 g/mol. The van der Waals surface area contributed by atoms with Crippen molar-refractivity contribution in [1.82, 2.24) is 0 Å². The summed E-state index contributed by atoms with van der Waals surface area (Å²) in [5, 5.41) is 30.9. The van der Waals surface area contributed by atoms with E-state index in [4.69, 9.17) is 16.5 Å². The van der Waals surface area contributed by atoms with Crippen LogP contribution in [0.3, 0.4) is 0 Å². The van der Waals surface area contributed by atoms with Gasteiger partial charge in [-0.25, -0.2) is 0 Å². The maximum absolute atomic E-state index is 10.7. The van der Waals surface area contributed by atoms with Crippen molar-refractivity contribution in [3.05, 3.63) is 12.2 Å². The second-order valence-corrected chi connectivity index (χ2v) is 9.52. The number of aliphatic imine (C=N–C) groups is 1. The number of carboxylic acids is 1. The molecule has 1 aliphatic heterocycles. The van der Waals surface area contributed by atoms with E-state index in [0.717, 1.165) is 17.9 Å². The summed E-state index contributed by atoms with van der Waals surface area (Å²) in [7, 11) is 0. The highest BCUT2D eigenvalue weighted by Crippen LogP contribution is 2.50. The van der Waals surface area contributed by atoms with Crippen molar-refractivity contribution in [3.8, 4) is 12.3 Å². The summed E-state index contributed by atoms with van der Waals surface area (Å²) in [5.74, 6) is 3.03. The average molecular weight is 406 g/mol. The van der Waals surface area contributed by atoms with Crippen LogP contribution >= 0.6 is 11.8 Å². The smallest absolute Gasteiger partial charge is 0.303 e. The van der Waals surface area contributed by atoms with Gasteiger partial charge in [-0.05, 0) is 30.9 Å². The first-order chi connectivity index (χ1) is 13.4. The summed E-state index contributed by atoms with van der Waals surface area (Å²) in [6, 6.07) is 0. The molecular formula is C22H31NO4S. The maximum atomic E-state index is 10.7. The highest BCUT2D eigenvalue weighted by Gasteiger charge is 2.55. The SMILES string of the molecule is C#CC12CC(O)C(/C=C/C(O)C3CCCCC3)C1CC(SCCCC(=O)O)=N2. The van der Waals surface area contributed by atoms with Gasteiger partial charge in [0.15, 0.2) is 0 Å². The van der Waals surface area contributed by atoms with Crippen LogP contribution in [0.2, 0.25) is 0 Å². The van der Waals surface area contributed by atoms with Gasteiger partial charge in [-0.1, -0.05) is 37.3 Å². The van der Waals surface area contributed by atoms with Gasteiger partial charge < -0.3 is 15.3 Å². The molecule has 6 heteroatoms. The summed E-state index contributed by atoms with van der Waals surface area (Å²) in [5.41, 5.74) is -0.667. The standard InChI is InChI=1S/C22H31NO4S/c1-2-22-14-19(25)16(10-11-18(24)15-7-4-3-5-8-15)17(22)13-20(23-22)28-12-6-9-21(26)27/h1,10-11,15-19,24-25H,3-9,12-14H2,(H,26,27)/b11-10+. The number of hydrogen-bond acceptors (Lipinski definition) is 5. The summed E-state index contributed by atoms with van der Waals surface area (Å²) in [6.45, 7) is 0. The zero-order chi connectivity index (χ0) is 20.1. The van der Waals surface area contributed by atoms with Gasteiger partial charge in [0.25, 0.3) is 0 Å². The van der Waals surface area contributed by atoms with Crippen LogP contribution in [0.25, 0.3) is 0 Å². The van der Waals surface area contributed by atoms with Gasteiger partial charge in [0.05, 0.1) is 17.3 Å². The van der Waals surface area contributed by atoms with E-state index < -0.39 is 23.7 Å². The number of fused-ring (bicyclic) bond motifs is 1. The molecule has 0 bridgehead atoms. The molecule has 154 valence electrons. The molecule has 2 aliphatic carbocycles. The number of aliphatic hydroxyl groups is 2. The lowest BCUT2D eigenvalue weighted by molar-refractivity contribution is -0.137. The van der Waals surface area contributed by atoms with E-state index in [0.29, 0.717) is 30.9 Å². The van der Waals surface area contributed by atoms with Gasteiger partial charge in [-0.2, -0.15) is 0 Å². The quantitative estimate of drug-likeness (QED) is 0.344. The second kappa shape index (κ2) is 9.47. The van der Waals surface area contributed by atoms with Crippen molar-refractivity contribution in [3.63, 3.8) is 0 Å². The lowest BCUT2D eigenvalue weighted by Gasteiger charge is -2.25. The number of aliphatic carboxylic acids is 1. The molecule has 0 amide bonds. The van der Waals surface area contributed by atoms with E-state index >= 15 is 0 Å². The molecule has 3 aliphatic rings. The minimum absolute atomic E-state index is 0.0456. The maximum Gasteiger partial charge on any atom is 0.303 e. The van der Waals surface area contributed by atoms with Crippen molar-refractivity contribution in [2.24, 2.45) is 22.7 Å². The molecule has 1 heterocycles. The molecule has 5 unspecified atom stereocenters. The first-order valence-corrected chi connectivity index (χ1v) is 11.4. The first-order valence-electron chi connectivity index (χ1n) is 10.4. The van der Waals surface area contributed by atoms with Crippen molar-refractivity contribution in [1.29, 1.82) is 0 Å². The molecule has 2 fully saturated rings. The lowest BCUT2D eigenvalue weighted by Crippen LogP contribution is -2.27. The van der Waals surface area contributed by atoms with Crippen LogP contribution in [-0.2, 0) is 4.79 Å². The normalized spacial score (nSPS) is 34.2. The molecule has 3 N–H and O–H groups in total. The van der Waals surface area contributed by atoms with Gasteiger partial charge in [-0.15, -0.1) is 18.2 Å². The Morgan fingerprint density at radius 3 is 2.82 bits per heavy atom. The number of carbonyl (C=O) groups is 1. The Hall–Kier alpha value is -1.29. The van der Waals surface area contributed by atoms with Gasteiger partial charge >= 0.3 is 5.97 Å². The third kappa shape index (κ3) is 4.82. The number of rotatable bonds is 7. The van der Waals surface area contributed by atoms with Gasteiger partial charge in [-0.3, -0.25) is 9.79 Å². The van der Waals surface area contributed by atoms with Gasteiger partial charge in [0.1, 0.15) is 5.54 Å². The van der Waals surface area contributed by atoms with E-state index in [1.807, 2.05) is 12.2 Å². The Bertz CT molecular complexity index is 664. The number of nitrogens with zero attached hydrogens (tertiary/aromatic N) is 1. The van der Waals surface area contributed by atoms with Crippen LogP contribution in [0, 0.1) is 30.1 Å². The second-order valence-electron chi connectivity index (χ2n) is 8.35. The van der Waals surface area contributed by atoms with Crippen molar-refractivity contribution in [2.45, 2.75) is 75.5 Å². The van der Waals surface area contributed by atoms with E-state index in [1.165, 1.54) is 19.3 Å². The minimum Gasteiger partial charge on any atom is -0.481 e. The fourth-order valence-corrected chi connectivity index (χ4v) is 5.97. The van der Waals surface area contributed by atoms with Gasteiger partial charge in [0.2, 0.25) is 0 Å². The number of aliphatic hydroxyl groups excluding tert-OH is 2. The molecule has 2 saturated carbocycles. The number of thioether (sulfide) groups is 1. The summed E-state index contributed by atoms with van der Waals surface area (Å²) < 4.78 is 0. The Labute approximate surface area is 171 Å². The fraction of sp³-hybridized carbons (Fsp3) is 0.727. The topological polar surface area (TPSA) is 90.1 Å². The number of hydrogen-bond donors (Lipinski definition) is 3. The Morgan fingerprint density at radius 1 is 1.39 bits per heavy atom. The van der Waals surface area contributed by atoms with Crippen molar-refractivity contribution in [2.75, 3.05) is 5.75 Å². The monoisotopic (exact) mass is 405 g/mol. The van der Waals surface area contributed by atoms with Crippen LogP contribution < -0.4 is 0 Å². The molecule has 0 saturated heterocycles. The van der Waals surface area contributed by atoms with Crippen LogP contribution in [0.15, 0.2) is 17.1 Å².